The summed E-state index contributed by atoms with van der Waals surface area (Å²) in [6, 6.07) is 5.11. The van der Waals surface area contributed by atoms with Gasteiger partial charge in [0.05, 0.1) is 25.2 Å². The Balaban J connectivity index is 2.39. The number of hydrogen-bond donors (Lipinski definition) is 0. The molecule has 0 radical (unpaired) electrons. The largest absolute Gasteiger partial charge is 0.496 e. The van der Waals surface area contributed by atoms with Crippen molar-refractivity contribution in [1.29, 1.82) is 0 Å². The van der Waals surface area contributed by atoms with E-state index in [-0.39, 0.29) is 5.92 Å². The van der Waals surface area contributed by atoms with E-state index in [0.29, 0.717) is 31.2 Å². The molecule has 0 aliphatic carbocycles. The van der Waals surface area contributed by atoms with E-state index in [4.69, 9.17) is 9.47 Å². The quantitative estimate of drug-likeness (QED) is 0.836. The summed E-state index contributed by atoms with van der Waals surface area (Å²) in [5.41, 5.74) is 0.939. The third kappa shape index (κ3) is 3.39. The normalized spacial score (nSPS) is 18.4. The molecule has 1 aliphatic heterocycles. The summed E-state index contributed by atoms with van der Waals surface area (Å²) in [5.74, 6) is 0.991. The van der Waals surface area contributed by atoms with Gasteiger partial charge in [-0.1, -0.05) is 13.8 Å². The third-order valence-electron chi connectivity index (χ3n) is 3.95. The van der Waals surface area contributed by atoms with Crippen LogP contribution in [0.5, 0.6) is 5.75 Å². The average molecular weight is 313 g/mol. The molecule has 6 heteroatoms. The minimum Gasteiger partial charge on any atom is -0.496 e. The van der Waals surface area contributed by atoms with E-state index < -0.39 is 10.0 Å². The number of benzene rings is 1. The molecule has 1 saturated heterocycles. The van der Waals surface area contributed by atoms with Crippen molar-refractivity contribution in [2.75, 3.05) is 33.4 Å². The molecule has 118 valence electrons. The van der Waals surface area contributed by atoms with Crippen molar-refractivity contribution in [3.63, 3.8) is 0 Å². The zero-order valence-electron chi connectivity index (χ0n) is 12.8. The van der Waals surface area contributed by atoms with Gasteiger partial charge in [-0.2, -0.15) is 4.31 Å². The van der Waals surface area contributed by atoms with Gasteiger partial charge in [0.25, 0.3) is 0 Å². The lowest BCUT2D eigenvalue weighted by Crippen LogP contribution is -2.40. The van der Waals surface area contributed by atoms with Crippen molar-refractivity contribution in [3.8, 4) is 5.75 Å². The van der Waals surface area contributed by atoms with Crippen LogP contribution >= 0.6 is 0 Å². The second kappa shape index (κ2) is 6.77. The first-order valence-electron chi connectivity index (χ1n) is 7.26. The van der Waals surface area contributed by atoms with Gasteiger partial charge < -0.3 is 9.47 Å². The fraction of sp³-hybridized carbons (Fsp3) is 0.600. The van der Waals surface area contributed by atoms with Crippen LogP contribution in [0.2, 0.25) is 0 Å². The Labute approximate surface area is 126 Å². The number of morpholine rings is 1. The number of rotatable bonds is 5. The summed E-state index contributed by atoms with van der Waals surface area (Å²) in [6.45, 7) is 5.87. The Hall–Kier alpha value is -1.11. The van der Waals surface area contributed by atoms with Crippen LogP contribution in [0.1, 0.15) is 31.7 Å². The first-order valence-corrected chi connectivity index (χ1v) is 8.70. The van der Waals surface area contributed by atoms with Gasteiger partial charge >= 0.3 is 0 Å². The molecular formula is C15H23NO4S. The van der Waals surface area contributed by atoms with Crippen molar-refractivity contribution >= 4 is 10.0 Å². The van der Waals surface area contributed by atoms with Gasteiger partial charge in [0.2, 0.25) is 10.0 Å². The van der Waals surface area contributed by atoms with Crippen molar-refractivity contribution < 1.29 is 17.9 Å². The molecule has 21 heavy (non-hydrogen) atoms. The van der Waals surface area contributed by atoms with E-state index in [0.717, 1.165) is 17.7 Å². The molecule has 0 bridgehead atoms. The average Bonchev–Trinajstić information content (AvgIpc) is 2.54. The predicted octanol–water partition coefficient (Wildman–Crippen LogP) is 2.23. The summed E-state index contributed by atoms with van der Waals surface area (Å²) in [7, 11) is -1.84. The number of sulfonamides is 1. The molecule has 0 spiro atoms. The Morgan fingerprint density at radius 1 is 1.33 bits per heavy atom. The monoisotopic (exact) mass is 313 g/mol. The van der Waals surface area contributed by atoms with Gasteiger partial charge in [0.15, 0.2) is 0 Å². The number of methoxy groups -OCH3 is 1. The van der Waals surface area contributed by atoms with Crippen LogP contribution in [-0.4, -0.2) is 46.1 Å². The molecule has 0 aromatic heterocycles. The molecule has 1 heterocycles. The summed E-state index contributed by atoms with van der Waals surface area (Å²) in [6.07, 6.45) is 0.928. The molecule has 1 aliphatic rings. The molecular weight excluding hydrogens is 290 g/mol. The zero-order chi connectivity index (χ0) is 15.5. The maximum Gasteiger partial charge on any atom is 0.243 e. The Kier molecular flexibility index (Phi) is 5.24. The van der Waals surface area contributed by atoms with Gasteiger partial charge in [0, 0.05) is 13.1 Å². The zero-order valence-corrected chi connectivity index (χ0v) is 13.6. The minimum absolute atomic E-state index is 0.250. The predicted molar refractivity (Wildman–Crippen MR) is 81.3 cm³/mol. The molecule has 0 N–H and O–H groups in total. The summed E-state index contributed by atoms with van der Waals surface area (Å²) < 4.78 is 37.4. The van der Waals surface area contributed by atoms with E-state index in [9.17, 15) is 8.42 Å². The summed E-state index contributed by atoms with van der Waals surface area (Å²) in [4.78, 5) is 0.334. The standard InChI is InChI=1S/C15H23NO4S/c1-4-12(2)14-11-13(5-6-15(14)19-3)21(17,18)16-7-9-20-10-8-16/h5-6,11-12H,4,7-10H2,1-3H3/t12-/m0/s1. The Morgan fingerprint density at radius 2 is 2.00 bits per heavy atom. The molecule has 0 saturated carbocycles. The first kappa shape index (κ1) is 16.3. The molecule has 1 fully saturated rings. The molecule has 0 unspecified atom stereocenters. The highest BCUT2D eigenvalue weighted by atomic mass is 32.2. The van der Waals surface area contributed by atoms with Gasteiger partial charge in [0.1, 0.15) is 5.75 Å². The minimum atomic E-state index is -3.45. The molecule has 2 rings (SSSR count). The molecule has 1 aromatic rings. The van der Waals surface area contributed by atoms with Crippen LogP contribution in [0.4, 0.5) is 0 Å². The smallest absolute Gasteiger partial charge is 0.243 e. The van der Waals surface area contributed by atoms with E-state index >= 15 is 0 Å². The fourth-order valence-electron chi connectivity index (χ4n) is 2.41. The number of ether oxygens (including phenoxy) is 2. The third-order valence-corrected chi connectivity index (χ3v) is 5.85. The lowest BCUT2D eigenvalue weighted by Gasteiger charge is -2.26. The first-order chi connectivity index (χ1) is 10.0. The van der Waals surface area contributed by atoms with Crippen LogP contribution in [-0.2, 0) is 14.8 Å². The van der Waals surface area contributed by atoms with Gasteiger partial charge in [-0.25, -0.2) is 8.42 Å². The number of hydrogen-bond acceptors (Lipinski definition) is 4. The second-order valence-corrected chi connectivity index (χ2v) is 7.17. The molecule has 0 amide bonds. The highest BCUT2D eigenvalue weighted by Gasteiger charge is 2.27. The van der Waals surface area contributed by atoms with Gasteiger partial charge in [-0.05, 0) is 36.1 Å². The lowest BCUT2D eigenvalue weighted by molar-refractivity contribution is 0.0730. The topological polar surface area (TPSA) is 55.8 Å². The van der Waals surface area contributed by atoms with E-state index in [2.05, 4.69) is 13.8 Å². The van der Waals surface area contributed by atoms with Crippen LogP contribution in [0.3, 0.4) is 0 Å². The van der Waals surface area contributed by atoms with E-state index in [1.54, 1.807) is 25.3 Å². The molecule has 1 atom stereocenters. The second-order valence-electron chi connectivity index (χ2n) is 5.23. The van der Waals surface area contributed by atoms with Crippen LogP contribution in [0, 0.1) is 0 Å². The maximum atomic E-state index is 12.7. The molecule has 5 nitrogen and oxygen atoms in total. The fourth-order valence-corrected chi connectivity index (χ4v) is 3.86. The molecule has 1 aromatic carbocycles. The van der Waals surface area contributed by atoms with E-state index in [1.807, 2.05) is 0 Å². The Bertz CT molecular complexity index is 579. The maximum absolute atomic E-state index is 12.7. The van der Waals surface area contributed by atoms with E-state index in [1.165, 1.54) is 4.31 Å². The lowest BCUT2D eigenvalue weighted by atomic mass is 9.98. The van der Waals surface area contributed by atoms with Crippen LogP contribution in [0.25, 0.3) is 0 Å². The van der Waals surface area contributed by atoms with Crippen LogP contribution in [0.15, 0.2) is 23.1 Å². The summed E-state index contributed by atoms with van der Waals surface area (Å²) in [5, 5.41) is 0. The van der Waals surface area contributed by atoms with Crippen molar-refractivity contribution in [2.45, 2.75) is 31.1 Å². The number of nitrogens with zero attached hydrogens (tertiary/aromatic N) is 1. The SMILES string of the molecule is CC[C@H](C)c1cc(S(=O)(=O)N2CCOCC2)ccc1OC. The van der Waals surface area contributed by atoms with Crippen molar-refractivity contribution in [3.05, 3.63) is 23.8 Å². The van der Waals surface area contributed by atoms with Crippen molar-refractivity contribution in [1.82, 2.24) is 4.31 Å². The van der Waals surface area contributed by atoms with Crippen molar-refractivity contribution in [2.24, 2.45) is 0 Å². The summed E-state index contributed by atoms with van der Waals surface area (Å²) >= 11 is 0. The Morgan fingerprint density at radius 3 is 2.57 bits per heavy atom. The van der Waals surface area contributed by atoms with Gasteiger partial charge in [-0.15, -0.1) is 0 Å². The van der Waals surface area contributed by atoms with Crippen LogP contribution < -0.4 is 4.74 Å². The highest BCUT2D eigenvalue weighted by molar-refractivity contribution is 7.89. The van der Waals surface area contributed by atoms with Gasteiger partial charge in [-0.3, -0.25) is 0 Å². The highest BCUT2D eigenvalue weighted by Crippen LogP contribution is 2.31.